The van der Waals surface area contributed by atoms with Crippen molar-refractivity contribution in [3.63, 3.8) is 0 Å². The van der Waals surface area contributed by atoms with Crippen molar-refractivity contribution in [2.45, 2.75) is 58.4 Å². The molecule has 0 aliphatic rings. The third kappa shape index (κ3) is 7.06. The van der Waals surface area contributed by atoms with Crippen molar-refractivity contribution >= 4 is 0 Å². The smallest absolute Gasteiger partial charge is 0.0855 e. The number of hydrogen-bond donors (Lipinski definition) is 0. The number of nitrogens with zero attached hydrogens (tertiary/aromatic N) is 1. The van der Waals surface area contributed by atoms with E-state index in [1.165, 1.54) is 38.5 Å². The largest absolute Gasteiger partial charge is 0.329 e. The fraction of sp³-hybridized carbons (Fsp3) is 1.00. The molecule has 13 heavy (non-hydrogen) atoms. The summed E-state index contributed by atoms with van der Waals surface area (Å²) >= 11 is 0. The number of hydrogen-bond acceptors (Lipinski definition) is 0. The Bertz CT molecular complexity index is 113. The van der Waals surface area contributed by atoms with E-state index >= 15 is 0 Å². The van der Waals surface area contributed by atoms with Gasteiger partial charge < -0.3 is 4.48 Å². The third-order valence-electron chi connectivity index (χ3n) is 3.05. The molecule has 0 aliphatic carbocycles. The van der Waals surface area contributed by atoms with Crippen molar-refractivity contribution in [2.75, 3.05) is 21.1 Å². The molecule has 0 aromatic heterocycles. The topological polar surface area (TPSA) is 0 Å². The average molecular weight is 186 g/mol. The highest BCUT2D eigenvalue weighted by atomic mass is 15.3. The van der Waals surface area contributed by atoms with Crippen LogP contribution in [0.15, 0.2) is 0 Å². The summed E-state index contributed by atoms with van der Waals surface area (Å²) in [6, 6.07) is 0.807. The molecule has 0 saturated heterocycles. The summed E-state index contributed by atoms with van der Waals surface area (Å²) < 4.78 is 1.10. The summed E-state index contributed by atoms with van der Waals surface area (Å²) in [5, 5.41) is 0. The molecule has 0 radical (unpaired) electrons. The van der Waals surface area contributed by atoms with Gasteiger partial charge in [0.2, 0.25) is 0 Å². The minimum Gasteiger partial charge on any atom is -0.329 e. The van der Waals surface area contributed by atoms with Gasteiger partial charge in [-0.1, -0.05) is 32.6 Å². The highest BCUT2D eigenvalue weighted by Gasteiger charge is 2.16. The Kier molecular flexibility index (Phi) is 6.40. The third-order valence-corrected chi connectivity index (χ3v) is 3.05. The van der Waals surface area contributed by atoms with E-state index in [1.807, 2.05) is 0 Å². The van der Waals surface area contributed by atoms with E-state index in [1.54, 1.807) is 0 Å². The predicted molar refractivity (Wildman–Crippen MR) is 60.9 cm³/mol. The quantitative estimate of drug-likeness (QED) is 0.422. The first-order valence-electron chi connectivity index (χ1n) is 5.79. The Hall–Kier alpha value is -0.0400. The summed E-state index contributed by atoms with van der Waals surface area (Å²) in [7, 11) is 6.87. The van der Waals surface area contributed by atoms with Crippen molar-refractivity contribution in [3.8, 4) is 0 Å². The first kappa shape index (κ1) is 13.0. The Morgan fingerprint density at radius 3 is 1.92 bits per heavy atom. The molecule has 0 heterocycles. The fourth-order valence-corrected chi connectivity index (χ4v) is 1.43. The second-order valence-electron chi connectivity index (χ2n) is 5.17. The van der Waals surface area contributed by atoms with Crippen LogP contribution in [0.3, 0.4) is 0 Å². The van der Waals surface area contributed by atoms with Gasteiger partial charge in [0, 0.05) is 0 Å². The van der Waals surface area contributed by atoms with Crippen molar-refractivity contribution in [1.82, 2.24) is 0 Å². The lowest BCUT2D eigenvalue weighted by atomic mass is 10.1. The van der Waals surface area contributed by atoms with E-state index in [4.69, 9.17) is 0 Å². The van der Waals surface area contributed by atoms with Crippen LogP contribution in [-0.4, -0.2) is 31.7 Å². The van der Waals surface area contributed by atoms with Crippen molar-refractivity contribution in [2.24, 2.45) is 0 Å². The normalized spacial score (nSPS) is 14.5. The van der Waals surface area contributed by atoms with Crippen LogP contribution in [0.5, 0.6) is 0 Å². The van der Waals surface area contributed by atoms with E-state index in [0.717, 1.165) is 10.5 Å². The Morgan fingerprint density at radius 2 is 1.46 bits per heavy atom. The first-order valence-corrected chi connectivity index (χ1v) is 5.79. The van der Waals surface area contributed by atoms with Gasteiger partial charge in [-0.15, -0.1) is 0 Å². The molecule has 1 nitrogen and oxygen atoms in total. The van der Waals surface area contributed by atoms with Gasteiger partial charge in [-0.25, -0.2) is 0 Å². The van der Waals surface area contributed by atoms with Crippen LogP contribution in [0.2, 0.25) is 0 Å². The highest BCUT2D eigenvalue weighted by Crippen LogP contribution is 2.12. The average Bonchev–Trinajstić information content (AvgIpc) is 2.02. The molecule has 0 amide bonds. The van der Waals surface area contributed by atoms with Crippen LogP contribution in [0.1, 0.15) is 52.4 Å². The molecule has 0 aromatic carbocycles. The second-order valence-corrected chi connectivity index (χ2v) is 5.17. The van der Waals surface area contributed by atoms with Crippen LogP contribution in [0, 0.1) is 0 Å². The zero-order valence-electron chi connectivity index (χ0n) is 10.3. The van der Waals surface area contributed by atoms with E-state index < -0.39 is 0 Å². The zero-order valence-corrected chi connectivity index (χ0v) is 10.3. The molecule has 0 aliphatic heterocycles. The van der Waals surface area contributed by atoms with Gasteiger partial charge in [-0.05, 0) is 19.8 Å². The Labute approximate surface area is 84.7 Å². The molecule has 1 atom stereocenters. The second kappa shape index (κ2) is 6.42. The van der Waals surface area contributed by atoms with Crippen LogP contribution >= 0.6 is 0 Å². The van der Waals surface area contributed by atoms with Gasteiger partial charge in [-0.3, -0.25) is 0 Å². The zero-order chi connectivity index (χ0) is 10.3. The minimum atomic E-state index is 0.807. The molecular formula is C12H28N+. The van der Waals surface area contributed by atoms with Crippen molar-refractivity contribution in [3.05, 3.63) is 0 Å². The molecule has 0 rings (SSSR count). The summed E-state index contributed by atoms with van der Waals surface area (Å²) in [6.45, 7) is 4.63. The molecule has 0 N–H and O–H groups in total. The summed E-state index contributed by atoms with van der Waals surface area (Å²) in [4.78, 5) is 0. The fourth-order valence-electron chi connectivity index (χ4n) is 1.43. The molecule has 0 aromatic rings. The Balaban J connectivity index is 3.32. The highest BCUT2D eigenvalue weighted by molar-refractivity contribution is 4.51. The molecule has 0 saturated carbocycles. The maximum atomic E-state index is 2.36. The van der Waals surface area contributed by atoms with E-state index in [9.17, 15) is 0 Å². The lowest BCUT2D eigenvalue weighted by molar-refractivity contribution is -0.894. The number of quaternary nitrogens is 1. The number of rotatable bonds is 7. The van der Waals surface area contributed by atoms with Gasteiger partial charge in [0.25, 0.3) is 0 Å². The molecule has 1 unspecified atom stereocenters. The van der Waals surface area contributed by atoms with Gasteiger partial charge in [0.1, 0.15) is 0 Å². The van der Waals surface area contributed by atoms with Gasteiger partial charge in [0.15, 0.2) is 0 Å². The summed E-state index contributed by atoms with van der Waals surface area (Å²) in [6.07, 6.45) is 8.42. The maximum absolute atomic E-state index is 2.36. The first-order chi connectivity index (χ1) is 5.98. The molecule has 1 heteroatoms. The monoisotopic (exact) mass is 186 g/mol. The van der Waals surface area contributed by atoms with Gasteiger partial charge >= 0.3 is 0 Å². The molecule has 0 spiro atoms. The van der Waals surface area contributed by atoms with Crippen LogP contribution < -0.4 is 0 Å². The lowest BCUT2D eigenvalue weighted by Gasteiger charge is -2.31. The van der Waals surface area contributed by atoms with Crippen LogP contribution in [0.25, 0.3) is 0 Å². The van der Waals surface area contributed by atoms with Gasteiger partial charge in [-0.2, -0.15) is 0 Å². The molecule has 80 valence electrons. The lowest BCUT2D eigenvalue weighted by Crippen LogP contribution is -2.43. The minimum absolute atomic E-state index is 0.807. The Morgan fingerprint density at radius 1 is 0.923 bits per heavy atom. The standard InChI is InChI=1S/C12H28N/c1-6-7-8-9-10-11-12(2)13(3,4)5/h12H,6-11H2,1-5H3/q+1. The predicted octanol–water partition coefficient (Wildman–Crippen LogP) is 3.44. The van der Waals surface area contributed by atoms with Gasteiger partial charge in [0.05, 0.1) is 27.2 Å². The molecule has 0 fully saturated rings. The molecule has 0 bridgehead atoms. The van der Waals surface area contributed by atoms with Crippen molar-refractivity contribution < 1.29 is 4.48 Å². The van der Waals surface area contributed by atoms with E-state index in [-0.39, 0.29) is 0 Å². The SMILES string of the molecule is CCCCCCCC(C)[N+](C)(C)C. The number of unbranched alkanes of at least 4 members (excludes halogenated alkanes) is 4. The summed E-state index contributed by atoms with van der Waals surface area (Å²) in [5.74, 6) is 0. The van der Waals surface area contributed by atoms with Crippen LogP contribution in [-0.2, 0) is 0 Å². The summed E-state index contributed by atoms with van der Waals surface area (Å²) in [5.41, 5.74) is 0. The van der Waals surface area contributed by atoms with Crippen LogP contribution in [0.4, 0.5) is 0 Å². The van der Waals surface area contributed by atoms with Crippen molar-refractivity contribution in [1.29, 1.82) is 0 Å². The maximum Gasteiger partial charge on any atom is 0.0855 e. The van der Waals surface area contributed by atoms with E-state index in [2.05, 4.69) is 35.0 Å². The van der Waals surface area contributed by atoms with E-state index in [0.29, 0.717) is 0 Å². The molecular weight excluding hydrogens is 158 g/mol.